The zero-order chi connectivity index (χ0) is 24.2. The van der Waals surface area contributed by atoms with Crippen LogP contribution < -0.4 is 10.6 Å². The molecule has 2 heterocycles. The lowest BCUT2D eigenvalue weighted by Gasteiger charge is -2.47. The summed E-state index contributed by atoms with van der Waals surface area (Å²) in [5.74, 6) is -0.292. The van der Waals surface area contributed by atoms with Gasteiger partial charge in [0.2, 0.25) is 17.7 Å². The maximum absolute atomic E-state index is 13.2. The number of nitro benzene ring substituents is 1. The lowest BCUT2D eigenvalue weighted by atomic mass is 9.79. The minimum atomic E-state index is -0.466. The number of nitrogens with one attached hydrogen (secondary N) is 2. The summed E-state index contributed by atoms with van der Waals surface area (Å²) in [5.41, 5.74) is 0.753. The summed E-state index contributed by atoms with van der Waals surface area (Å²) in [5, 5.41) is 17.0. The van der Waals surface area contributed by atoms with Gasteiger partial charge in [0.05, 0.1) is 17.5 Å². The second kappa shape index (κ2) is 10.5. The van der Waals surface area contributed by atoms with Crippen LogP contribution in [-0.4, -0.2) is 88.8 Å². The van der Waals surface area contributed by atoms with E-state index in [2.05, 4.69) is 15.5 Å². The molecule has 11 nitrogen and oxygen atoms in total. The lowest BCUT2D eigenvalue weighted by molar-refractivity contribution is -0.384. The molecule has 0 aromatic heterocycles. The number of non-ortho nitro benzene ring substituents is 1. The van der Waals surface area contributed by atoms with Crippen molar-refractivity contribution in [2.75, 3.05) is 39.4 Å². The predicted octanol–water partition coefficient (Wildman–Crippen LogP) is 0.302. The fourth-order valence-corrected chi connectivity index (χ4v) is 5.24. The molecule has 0 bridgehead atoms. The highest BCUT2D eigenvalue weighted by Crippen LogP contribution is 2.32. The standard InChI is InChI=1S/C23H32N6O5/c1-16(30)26-8-10-27(11-9-26)19-6-7-21-20(12-19)23(32)28(15-25-21)14-22(31)24-13-17-2-4-18(5-3-17)29(33)34/h2-5,19-21,25H,6-15H2,1H3,(H,24,31). The Morgan fingerprint density at radius 3 is 2.50 bits per heavy atom. The van der Waals surface area contributed by atoms with E-state index in [1.807, 2.05) is 4.90 Å². The van der Waals surface area contributed by atoms with Crippen molar-refractivity contribution in [2.24, 2.45) is 5.92 Å². The first-order chi connectivity index (χ1) is 16.3. The van der Waals surface area contributed by atoms with Crippen LogP contribution in [0.1, 0.15) is 31.7 Å². The molecule has 2 N–H and O–H groups in total. The van der Waals surface area contributed by atoms with Gasteiger partial charge in [0.25, 0.3) is 5.69 Å². The molecule has 11 heteroatoms. The number of hydrogen-bond donors (Lipinski definition) is 2. The zero-order valence-corrected chi connectivity index (χ0v) is 19.4. The number of amides is 3. The number of carbonyl (C=O) groups is 3. The van der Waals surface area contributed by atoms with Crippen LogP contribution in [0, 0.1) is 16.0 Å². The monoisotopic (exact) mass is 472 g/mol. The molecule has 3 unspecified atom stereocenters. The number of benzene rings is 1. The lowest BCUT2D eigenvalue weighted by Crippen LogP contribution is -2.62. The van der Waals surface area contributed by atoms with Crippen LogP contribution in [0.4, 0.5) is 5.69 Å². The summed E-state index contributed by atoms with van der Waals surface area (Å²) >= 11 is 0. The summed E-state index contributed by atoms with van der Waals surface area (Å²) in [7, 11) is 0. The van der Waals surface area contributed by atoms with Crippen molar-refractivity contribution in [3.63, 3.8) is 0 Å². The number of piperazine rings is 1. The summed E-state index contributed by atoms with van der Waals surface area (Å²) in [6.45, 7) is 5.30. The van der Waals surface area contributed by atoms with E-state index in [0.717, 1.165) is 51.0 Å². The van der Waals surface area contributed by atoms with Crippen molar-refractivity contribution < 1.29 is 19.3 Å². The molecule has 3 aliphatic rings. The Kier molecular flexibility index (Phi) is 7.42. The number of nitrogens with zero attached hydrogens (tertiary/aromatic N) is 4. The minimum absolute atomic E-state index is 0.00105. The molecule has 1 aliphatic carbocycles. The van der Waals surface area contributed by atoms with E-state index < -0.39 is 4.92 Å². The first kappa shape index (κ1) is 24.1. The van der Waals surface area contributed by atoms with Crippen LogP contribution in [0.15, 0.2) is 24.3 Å². The minimum Gasteiger partial charge on any atom is -0.350 e. The van der Waals surface area contributed by atoms with Crippen molar-refractivity contribution >= 4 is 23.4 Å². The van der Waals surface area contributed by atoms with Crippen LogP contribution in [0.2, 0.25) is 0 Å². The van der Waals surface area contributed by atoms with E-state index in [1.54, 1.807) is 24.0 Å². The Morgan fingerprint density at radius 2 is 1.85 bits per heavy atom. The largest absolute Gasteiger partial charge is 0.350 e. The van der Waals surface area contributed by atoms with Gasteiger partial charge in [0.15, 0.2) is 0 Å². The van der Waals surface area contributed by atoms with Gasteiger partial charge in [-0.05, 0) is 24.8 Å². The van der Waals surface area contributed by atoms with Crippen molar-refractivity contribution in [2.45, 2.75) is 44.8 Å². The quantitative estimate of drug-likeness (QED) is 0.450. The number of carbonyl (C=O) groups excluding carboxylic acids is 3. The van der Waals surface area contributed by atoms with Crippen molar-refractivity contribution in [3.05, 3.63) is 39.9 Å². The molecule has 3 atom stereocenters. The van der Waals surface area contributed by atoms with Gasteiger partial charge in [-0.3, -0.25) is 34.7 Å². The van der Waals surface area contributed by atoms with Crippen molar-refractivity contribution in [1.29, 1.82) is 0 Å². The maximum Gasteiger partial charge on any atom is 0.269 e. The first-order valence-corrected chi connectivity index (χ1v) is 11.8. The SMILES string of the molecule is CC(=O)N1CCN(C2CCC3NCN(CC(=O)NCc4ccc([N+](=O)[O-])cc4)C(=O)C3C2)CC1. The third-order valence-electron chi connectivity index (χ3n) is 7.24. The molecule has 1 aromatic carbocycles. The molecule has 2 saturated heterocycles. The second-order valence-corrected chi connectivity index (χ2v) is 9.32. The third kappa shape index (κ3) is 5.53. The number of rotatable bonds is 6. The Labute approximate surface area is 198 Å². The van der Waals surface area contributed by atoms with E-state index in [0.29, 0.717) is 12.7 Å². The van der Waals surface area contributed by atoms with Crippen LogP contribution >= 0.6 is 0 Å². The van der Waals surface area contributed by atoms with E-state index in [-0.39, 0.29) is 48.5 Å². The van der Waals surface area contributed by atoms with Crippen molar-refractivity contribution in [1.82, 2.24) is 25.3 Å². The van der Waals surface area contributed by atoms with Gasteiger partial charge in [-0.25, -0.2) is 0 Å². The van der Waals surface area contributed by atoms with Crippen LogP contribution in [-0.2, 0) is 20.9 Å². The van der Waals surface area contributed by atoms with Gasteiger partial charge in [-0.1, -0.05) is 12.1 Å². The molecule has 4 rings (SSSR count). The van der Waals surface area contributed by atoms with E-state index in [9.17, 15) is 24.5 Å². The number of hydrogen-bond acceptors (Lipinski definition) is 7. The fraction of sp³-hybridized carbons (Fsp3) is 0.609. The Balaban J connectivity index is 1.27. The highest BCUT2D eigenvalue weighted by molar-refractivity contribution is 5.86. The number of fused-ring (bicyclic) bond motifs is 1. The van der Waals surface area contributed by atoms with Gasteiger partial charge in [-0.2, -0.15) is 0 Å². The second-order valence-electron chi connectivity index (χ2n) is 9.32. The average molecular weight is 473 g/mol. The van der Waals surface area contributed by atoms with Crippen molar-refractivity contribution in [3.8, 4) is 0 Å². The van der Waals surface area contributed by atoms with Crippen LogP contribution in [0.25, 0.3) is 0 Å². The highest BCUT2D eigenvalue weighted by Gasteiger charge is 2.42. The summed E-state index contributed by atoms with van der Waals surface area (Å²) < 4.78 is 0. The zero-order valence-electron chi connectivity index (χ0n) is 19.4. The molecule has 2 aliphatic heterocycles. The Morgan fingerprint density at radius 1 is 1.15 bits per heavy atom. The number of nitro groups is 1. The molecular weight excluding hydrogens is 440 g/mol. The van der Waals surface area contributed by atoms with Gasteiger partial charge < -0.3 is 15.1 Å². The van der Waals surface area contributed by atoms with E-state index >= 15 is 0 Å². The van der Waals surface area contributed by atoms with Gasteiger partial charge in [0, 0.05) is 63.9 Å². The Hall–Kier alpha value is -3.05. The highest BCUT2D eigenvalue weighted by atomic mass is 16.6. The van der Waals surface area contributed by atoms with Crippen LogP contribution in [0.5, 0.6) is 0 Å². The summed E-state index contributed by atoms with van der Waals surface area (Å²) in [4.78, 5) is 53.4. The van der Waals surface area contributed by atoms with Gasteiger partial charge in [0.1, 0.15) is 6.54 Å². The van der Waals surface area contributed by atoms with Gasteiger partial charge in [-0.15, -0.1) is 0 Å². The van der Waals surface area contributed by atoms with E-state index in [4.69, 9.17) is 0 Å². The smallest absolute Gasteiger partial charge is 0.269 e. The average Bonchev–Trinajstić information content (AvgIpc) is 2.84. The molecule has 1 aromatic rings. The van der Waals surface area contributed by atoms with Gasteiger partial charge >= 0.3 is 0 Å². The molecule has 1 saturated carbocycles. The molecule has 184 valence electrons. The molecule has 3 fully saturated rings. The van der Waals surface area contributed by atoms with Crippen LogP contribution in [0.3, 0.4) is 0 Å². The molecule has 0 radical (unpaired) electrons. The normalized spacial score (nSPS) is 25.6. The topological polar surface area (TPSA) is 128 Å². The fourth-order valence-electron chi connectivity index (χ4n) is 5.24. The third-order valence-corrected chi connectivity index (χ3v) is 7.24. The first-order valence-electron chi connectivity index (χ1n) is 11.8. The summed E-state index contributed by atoms with van der Waals surface area (Å²) in [6, 6.07) is 6.47. The maximum atomic E-state index is 13.2. The predicted molar refractivity (Wildman–Crippen MR) is 123 cm³/mol. The summed E-state index contributed by atoms with van der Waals surface area (Å²) in [6.07, 6.45) is 2.71. The molecule has 0 spiro atoms. The molecule has 34 heavy (non-hydrogen) atoms. The van der Waals surface area contributed by atoms with E-state index in [1.165, 1.54) is 12.1 Å². The Bertz CT molecular complexity index is 930. The molecule has 3 amide bonds. The molecular formula is C23H32N6O5.